The van der Waals surface area contributed by atoms with Gasteiger partial charge >= 0.3 is 5.97 Å². The maximum atomic E-state index is 11.4. The molecule has 2 fully saturated rings. The zero-order chi connectivity index (χ0) is 14.6. The fraction of sp³-hybridized carbons (Fsp3) is 0.933. The molecule has 0 heterocycles. The molecule has 2 aliphatic rings. The van der Waals surface area contributed by atoms with E-state index in [1.54, 1.807) is 7.11 Å². The summed E-state index contributed by atoms with van der Waals surface area (Å²) < 4.78 is 16.5. The van der Waals surface area contributed by atoms with Crippen molar-refractivity contribution < 1.29 is 24.1 Å². The van der Waals surface area contributed by atoms with E-state index < -0.39 is 0 Å². The highest BCUT2D eigenvalue weighted by Gasteiger charge is 2.57. The van der Waals surface area contributed by atoms with Crippen LogP contribution in [0.2, 0.25) is 0 Å². The average molecular weight is 286 g/mol. The van der Waals surface area contributed by atoms with E-state index in [2.05, 4.69) is 0 Å². The quantitative estimate of drug-likeness (QED) is 0.596. The number of ether oxygens (including phenoxy) is 3. The zero-order valence-electron chi connectivity index (χ0n) is 12.5. The first-order valence-corrected chi connectivity index (χ1v) is 7.53. The monoisotopic (exact) mass is 286 g/mol. The molecule has 0 amide bonds. The van der Waals surface area contributed by atoms with Crippen molar-refractivity contribution in [1.82, 2.24) is 0 Å². The highest BCUT2D eigenvalue weighted by molar-refractivity contribution is 5.66. The summed E-state index contributed by atoms with van der Waals surface area (Å²) in [6.45, 7) is 1.80. The van der Waals surface area contributed by atoms with Crippen molar-refractivity contribution in [3.05, 3.63) is 0 Å². The van der Waals surface area contributed by atoms with Gasteiger partial charge in [-0.25, -0.2) is 0 Å². The predicted molar refractivity (Wildman–Crippen MR) is 73.0 cm³/mol. The Labute approximate surface area is 120 Å². The molecule has 0 aromatic heterocycles. The molecule has 1 N–H and O–H groups in total. The van der Waals surface area contributed by atoms with E-state index in [9.17, 15) is 9.90 Å². The van der Waals surface area contributed by atoms with E-state index in [0.29, 0.717) is 12.3 Å². The third-order valence-corrected chi connectivity index (χ3v) is 5.00. The molecular formula is C15H26O5. The van der Waals surface area contributed by atoms with Crippen LogP contribution in [0.1, 0.15) is 45.4 Å². The van der Waals surface area contributed by atoms with Crippen molar-refractivity contribution in [3.63, 3.8) is 0 Å². The van der Waals surface area contributed by atoms with E-state index in [1.165, 1.54) is 6.92 Å². The van der Waals surface area contributed by atoms with Gasteiger partial charge in [0.15, 0.2) is 0 Å². The molecule has 20 heavy (non-hydrogen) atoms. The molecule has 0 spiro atoms. The van der Waals surface area contributed by atoms with Crippen LogP contribution in [0.3, 0.4) is 0 Å². The van der Waals surface area contributed by atoms with Gasteiger partial charge in [0.25, 0.3) is 0 Å². The van der Waals surface area contributed by atoms with Gasteiger partial charge in [-0.1, -0.05) is 0 Å². The lowest BCUT2D eigenvalue weighted by Gasteiger charge is -2.48. The molecule has 0 aromatic carbocycles. The van der Waals surface area contributed by atoms with Gasteiger partial charge in [0, 0.05) is 26.1 Å². The van der Waals surface area contributed by atoms with Crippen molar-refractivity contribution in [2.45, 2.75) is 57.7 Å². The smallest absolute Gasteiger partial charge is 0.302 e. The molecule has 0 saturated heterocycles. The van der Waals surface area contributed by atoms with Gasteiger partial charge in [-0.2, -0.15) is 0 Å². The molecule has 0 radical (unpaired) electrons. The maximum absolute atomic E-state index is 11.4. The van der Waals surface area contributed by atoms with Gasteiger partial charge in [0.05, 0.1) is 6.10 Å². The lowest BCUT2D eigenvalue weighted by molar-refractivity contribution is -0.188. The highest BCUT2D eigenvalue weighted by Crippen LogP contribution is 2.56. The lowest BCUT2D eigenvalue weighted by Crippen LogP contribution is -2.51. The van der Waals surface area contributed by atoms with Gasteiger partial charge in [0.2, 0.25) is 0 Å². The number of fused-ring (bicyclic) bond motifs is 1. The lowest BCUT2D eigenvalue weighted by atomic mass is 9.63. The minimum Gasteiger partial charge on any atom is -0.462 e. The Morgan fingerprint density at radius 2 is 2.05 bits per heavy atom. The Balaban J connectivity index is 2.23. The second-order valence-electron chi connectivity index (χ2n) is 5.95. The van der Waals surface area contributed by atoms with Crippen LogP contribution in [0.5, 0.6) is 0 Å². The second kappa shape index (κ2) is 6.87. The van der Waals surface area contributed by atoms with Crippen LogP contribution in [0.25, 0.3) is 0 Å². The molecule has 5 heteroatoms. The molecule has 4 atom stereocenters. The van der Waals surface area contributed by atoms with E-state index >= 15 is 0 Å². The third kappa shape index (κ3) is 2.85. The second-order valence-corrected chi connectivity index (χ2v) is 5.95. The van der Waals surface area contributed by atoms with E-state index in [-0.39, 0.29) is 37.0 Å². The molecule has 5 nitrogen and oxygen atoms in total. The van der Waals surface area contributed by atoms with Crippen LogP contribution in [0.15, 0.2) is 0 Å². The molecule has 2 saturated carbocycles. The summed E-state index contributed by atoms with van der Waals surface area (Å²) in [5.74, 6) is 0.222. The van der Waals surface area contributed by atoms with Gasteiger partial charge in [-0.3, -0.25) is 4.79 Å². The SMILES string of the molecule is COCO[C@H]1CC[C@H]2CCC[C@@H](OC(C)=O)[C@]21CCO. The van der Waals surface area contributed by atoms with Crippen LogP contribution in [-0.4, -0.2) is 43.8 Å². The minimum atomic E-state index is -0.245. The molecule has 116 valence electrons. The standard InChI is InChI=1S/C15H26O5/c1-11(17)20-14-5-3-4-12-6-7-13(19-10-18-2)15(12,14)8-9-16/h12-14,16H,3-10H2,1-2H3/t12-,13+,14-,15-/m1/s1. The number of carbonyl (C=O) groups is 1. The molecule has 0 aliphatic heterocycles. The predicted octanol–water partition coefficient (Wildman–Crippen LogP) is 1.87. The van der Waals surface area contributed by atoms with Gasteiger partial charge in [-0.05, 0) is 44.4 Å². The third-order valence-electron chi connectivity index (χ3n) is 5.00. The number of aliphatic hydroxyl groups is 1. The van der Waals surface area contributed by atoms with Crippen molar-refractivity contribution in [3.8, 4) is 0 Å². The molecule has 0 unspecified atom stereocenters. The van der Waals surface area contributed by atoms with Crippen LogP contribution in [0, 0.1) is 11.3 Å². The van der Waals surface area contributed by atoms with Gasteiger partial charge < -0.3 is 19.3 Å². The molecule has 2 rings (SSSR count). The first-order valence-electron chi connectivity index (χ1n) is 7.53. The normalized spacial score (nSPS) is 36.6. The number of aliphatic hydroxyl groups excluding tert-OH is 1. The largest absolute Gasteiger partial charge is 0.462 e. The fourth-order valence-electron chi connectivity index (χ4n) is 4.33. The summed E-state index contributed by atoms with van der Waals surface area (Å²) in [5, 5.41) is 9.53. The Bertz CT molecular complexity index is 332. The first kappa shape index (κ1) is 15.7. The Morgan fingerprint density at radius 3 is 2.70 bits per heavy atom. The highest BCUT2D eigenvalue weighted by atomic mass is 16.7. The van der Waals surface area contributed by atoms with Crippen molar-refractivity contribution in [2.75, 3.05) is 20.5 Å². The van der Waals surface area contributed by atoms with E-state index in [1.807, 2.05) is 0 Å². The number of methoxy groups -OCH3 is 1. The van der Waals surface area contributed by atoms with Crippen LogP contribution in [-0.2, 0) is 19.0 Å². The Hall–Kier alpha value is -0.650. The molecule has 0 aromatic rings. The molecular weight excluding hydrogens is 260 g/mol. The summed E-state index contributed by atoms with van der Waals surface area (Å²) in [5.41, 5.74) is -0.239. The van der Waals surface area contributed by atoms with Crippen molar-refractivity contribution in [2.24, 2.45) is 11.3 Å². The van der Waals surface area contributed by atoms with Crippen LogP contribution < -0.4 is 0 Å². The van der Waals surface area contributed by atoms with E-state index in [0.717, 1.165) is 32.1 Å². The topological polar surface area (TPSA) is 65.0 Å². The number of esters is 1. The van der Waals surface area contributed by atoms with Crippen LogP contribution >= 0.6 is 0 Å². The van der Waals surface area contributed by atoms with Gasteiger partial charge in [-0.15, -0.1) is 0 Å². The van der Waals surface area contributed by atoms with E-state index in [4.69, 9.17) is 14.2 Å². The summed E-state index contributed by atoms with van der Waals surface area (Å²) in [7, 11) is 1.61. The Kier molecular flexibility index (Phi) is 5.41. The van der Waals surface area contributed by atoms with Crippen LogP contribution in [0.4, 0.5) is 0 Å². The molecule has 2 aliphatic carbocycles. The first-order chi connectivity index (χ1) is 9.65. The van der Waals surface area contributed by atoms with Gasteiger partial charge in [0.1, 0.15) is 12.9 Å². The number of hydrogen-bond acceptors (Lipinski definition) is 5. The molecule has 0 bridgehead atoms. The summed E-state index contributed by atoms with van der Waals surface area (Å²) in [4.78, 5) is 11.4. The summed E-state index contributed by atoms with van der Waals surface area (Å²) >= 11 is 0. The van der Waals surface area contributed by atoms with Crippen molar-refractivity contribution >= 4 is 5.97 Å². The summed E-state index contributed by atoms with van der Waals surface area (Å²) in [6.07, 6.45) is 5.59. The fourth-order valence-corrected chi connectivity index (χ4v) is 4.33. The number of carbonyl (C=O) groups excluding carboxylic acids is 1. The maximum Gasteiger partial charge on any atom is 0.302 e. The minimum absolute atomic E-state index is 0.00394. The van der Waals surface area contributed by atoms with Crippen molar-refractivity contribution in [1.29, 1.82) is 0 Å². The Morgan fingerprint density at radius 1 is 1.25 bits per heavy atom. The average Bonchev–Trinajstić information content (AvgIpc) is 2.76. The number of hydrogen-bond donors (Lipinski definition) is 1. The summed E-state index contributed by atoms with van der Waals surface area (Å²) in [6, 6.07) is 0. The number of rotatable bonds is 6. The zero-order valence-corrected chi connectivity index (χ0v) is 12.5.